The summed E-state index contributed by atoms with van der Waals surface area (Å²) in [7, 11) is 0. The molecule has 1 atom stereocenters. The van der Waals surface area contributed by atoms with Crippen LogP contribution in [0.2, 0.25) is 0 Å². The maximum absolute atomic E-state index is 13.1. The van der Waals surface area contributed by atoms with Crippen LogP contribution in [0.15, 0.2) is 42.2 Å². The standard InChI is InChI=1S/C14H13ClFNO/c1-9(18)10-2-4-11(5-3-10)13-7-6-12(16)8-14(13,15)17/h2-7H,8,17H2,1H3. The largest absolute Gasteiger partial charge is 0.309 e. The van der Waals surface area contributed by atoms with E-state index in [2.05, 4.69) is 0 Å². The second kappa shape index (κ2) is 4.67. The van der Waals surface area contributed by atoms with Crippen molar-refractivity contribution < 1.29 is 9.18 Å². The van der Waals surface area contributed by atoms with Crippen LogP contribution in [0.1, 0.15) is 29.3 Å². The summed E-state index contributed by atoms with van der Waals surface area (Å²) < 4.78 is 13.1. The Hall–Kier alpha value is -1.45. The Morgan fingerprint density at radius 1 is 1.33 bits per heavy atom. The molecule has 0 radical (unpaired) electrons. The molecule has 18 heavy (non-hydrogen) atoms. The topological polar surface area (TPSA) is 43.1 Å². The number of rotatable bonds is 2. The number of hydrogen-bond acceptors (Lipinski definition) is 2. The highest BCUT2D eigenvalue weighted by Crippen LogP contribution is 2.37. The maximum atomic E-state index is 13.1. The normalized spacial score (nSPS) is 23.3. The van der Waals surface area contributed by atoms with Gasteiger partial charge in [-0.15, -0.1) is 0 Å². The Morgan fingerprint density at radius 2 is 1.94 bits per heavy atom. The van der Waals surface area contributed by atoms with E-state index in [1.54, 1.807) is 30.3 Å². The van der Waals surface area contributed by atoms with Gasteiger partial charge in [-0.2, -0.15) is 0 Å². The van der Waals surface area contributed by atoms with Crippen molar-refractivity contribution in [3.05, 3.63) is 53.4 Å². The van der Waals surface area contributed by atoms with Gasteiger partial charge in [-0.25, -0.2) is 4.39 Å². The van der Waals surface area contributed by atoms with Gasteiger partial charge in [0.1, 0.15) is 10.8 Å². The molecule has 0 aliphatic heterocycles. The molecule has 0 saturated carbocycles. The molecular formula is C14H13ClFNO. The van der Waals surface area contributed by atoms with E-state index in [1.807, 2.05) is 0 Å². The van der Waals surface area contributed by atoms with Crippen molar-refractivity contribution in [2.24, 2.45) is 5.73 Å². The predicted octanol–water partition coefficient (Wildman–Crippen LogP) is 3.42. The van der Waals surface area contributed by atoms with Gasteiger partial charge in [0.25, 0.3) is 0 Å². The van der Waals surface area contributed by atoms with Gasteiger partial charge in [0.2, 0.25) is 0 Å². The second-order valence-electron chi connectivity index (χ2n) is 4.37. The molecule has 0 amide bonds. The Bertz CT molecular complexity index is 543. The van der Waals surface area contributed by atoms with Gasteiger partial charge in [-0.1, -0.05) is 41.9 Å². The number of hydrogen-bond donors (Lipinski definition) is 1. The van der Waals surface area contributed by atoms with E-state index in [-0.39, 0.29) is 18.0 Å². The monoisotopic (exact) mass is 265 g/mol. The molecule has 2 nitrogen and oxygen atoms in total. The van der Waals surface area contributed by atoms with Crippen LogP contribution in [0.3, 0.4) is 0 Å². The van der Waals surface area contributed by atoms with Crippen molar-refractivity contribution in [1.29, 1.82) is 0 Å². The van der Waals surface area contributed by atoms with Gasteiger partial charge >= 0.3 is 0 Å². The molecule has 1 aromatic carbocycles. The summed E-state index contributed by atoms with van der Waals surface area (Å²) in [4.78, 5) is 9.94. The summed E-state index contributed by atoms with van der Waals surface area (Å²) in [5.41, 5.74) is 7.96. The Labute approximate surface area is 110 Å². The minimum absolute atomic E-state index is 0.00463. The molecule has 1 unspecified atom stereocenters. The molecule has 94 valence electrons. The number of benzene rings is 1. The zero-order valence-electron chi connectivity index (χ0n) is 9.91. The smallest absolute Gasteiger partial charge is 0.159 e. The minimum Gasteiger partial charge on any atom is -0.309 e. The van der Waals surface area contributed by atoms with Gasteiger partial charge in [0.15, 0.2) is 5.78 Å². The summed E-state index contributed by atoms with van der Waals surface area (Å²) in [5, 5.41) is 0. The number of carbonyl (C=O) groups excluding carboxylic acids is 1. The number of halogens is 2. The Kier molecular flexibility index (Phi) is 3.37. The third-order valence-electron chi connectivity index (χ3n) is 2.91. The number of carbonyl (C=O) groups is 1. The summed E-state index contributed by atoms with van der Waals surface area (Å²) in [6, 6.07) is 6.95. The summed E-state index contributed by atoms with van der Waals surface area (Å²) in [6.07, 6.45) is 2.91. The van der Waals surface area contributed by atoms with Crippen molar-refractivity contribution >= 4 is 23.0 Å². The highest BCUT2D eigenvalue weighted by atomic mass is 35.5. The first kappa shape index (κ1) is 13.0. The van der Waals surface area contributed by atoms with Gasteiger partial charge in [-0.3, -0.25) is 4.79 Å². The third kappa shape index (κ3) is 2.52. The summed E-state index contributed by atoms with van der Waals surface area (Å²) in [6.45, 7) is 1.50. The van der Waals surface area contributed by atoms with Crippen molar-refractivity contribution in [2.75, 3.05) is 0 Å². The zero-order chi connectivity index (χ0) is 13.3. The lowest BCUT2D eigenvalue weighted by Crippen LogP contribution is -2.36. The van der Waals surface area contributed by atoms with Crippen molar-refractivity contribution in [3.63, 3.8) is 0 Å². The summed E-state index contributed by atoms with van der Waals surface area (Å²) in [5.74, 6) is -0.341. The van der Waals surface area contributed by atoms with Gasteiger partial charge in [0, 0.05) is 12.0 Å². The lowest BCUT2D eigenvalue weighted by molar-refractivity contribution is 0.101. The lowest BCUT2D eigenvalue weighted by Gasteiger charge is -2.27. The van der Waals surface area contributed by atoms with Crippen LogP contribution in [0.25, 0.3) is 5.57 Å². The molecule has 0 bridgehead atoms. The van der Waals surface area contributed by atoms with Gasteiger partial charge < -0.3 is 5.73 Å². The fourth-order valence-electron chi connectivity index (χ4n) is 1.93. The van der Waals surface area contributed by atoms with E-state index >= 15 is 0 Å². The van der Waals surface area contributed by atoms with Crippen LogP contribution in [-0.4, -0.2) is 10.8 Å². The molecule has 0 spiro atoms. The van der Waals surface area contributed by atoms with E-state index in [0.717, 1.165) is 5.56 Å². The highest BCUT2D eigenvalue weighted by Gasteiger charge is 2.31. The van der Waals surface area contributed by atoms with Crippen LogP contribution in [0, 0.1) is 0 Å². The van der Waals surface area contributed by atoms with Crippen LogP contribution in [0.4, 0.5) is 4.39 Å². The first-order valence-corrected chi connectivity index (χ1v) is 5.94. The first-order valence-electron chi connectivity index (χ1n) is 5.56. The zero-order valence-corrected chi connectivity index (χ0v) is 10.7. The molecule has 0 saturated heterocycles. The fourth-order valence-corrected chi connectivity index (χ4v) is 2.23. The quantitative estimate of drug-likeness (QED) is 0.506. The summed E-state index contributed by atoms with van der Waals surface area (Å²) >= 11 is 6.13. The molecule has 2 rings (SSSR count). The van der Waals surface area contributed by atoms with E-state index in [1.165, 1.54) is 13.0 Å². The van der Waals surface area contributed by atoms with Crippen molar-refractivity contribution in [1.82, 2.24) is 0 Å². The van der Waals surface area contributed by atoms with Gasteiger partial charge in [0.05, 0.1) is 0 Å². The average molecular weight is 266 g/mol. The van der Waals surface area contributed by atoms with Crippen LogP contribution >= 0.6 is 11.6 Å². The van der Waals surface area contributed by atoms with E-state index in [4.69, 9.17) is 17.3 Å². The van der Waals surface area contributed by atoms with Crippen LogP contribution in [0.5, 0.6) is 0 Å². The molecule has 1 aliphatic carbocycles. The molecule has 0 fully saturated rings. The number of alkyl halides is 1. The van der Waals surface area contributed by atoms with Crippen LogP contribution in [-0.2, 0) is 0 Å². The van der Waals surface area contributed by atoms with E-state index in [9.17, 15) is 9.18 Å². The molecule has 1 aromatic rings. The fraction of sp³-hybridized carbons (Fsp3) is 0.214. The number of Topliss-reactive ketones (excluding diaryl/α,β-unsaturated/α-hetero) is 1. The number of ketones is 1. The molecular weight excluding hydrogens is 253 g/mol. The average Bonchev–Trinajstić information content (AvgIpc) is 2.28. The predicted molar refractivity (Wildman–Crippen MR) is 71.0 cm³/mol. The van der Waals surface area contributed by atoms with Crippen LogP contribution < -0.4 is 5.73 Å². The maximum Gasteiger partial charge on any atom is 0.159 e. The first-order chi connectivity index (χ1) is 8.40. The Morgan fingerprint density at radius 3 is 2.44 bits per heavy atom. The second-order valence-corrected chi connectivity index (χ2v) is 5.04. The molecule has 1 aliphatic rings. The van der Waals surface area contributed by atoms with E-state index < -0.39 is 5.00 Å². The van der Waals surface area contributed by atoms with Crippen molar-refractivity contribution in [2.45, 2.75) is 18.3 Å². The number of nitrogens with two attached hydrogens (primary N) is 1. The van der Waals surface area contributed by atoms with Crippen molar-refractivity contribution in [3.8, 4) is 0 Å². The van der Waals surface area contributed by atoms with Gasteiger partial charge in [-0.05, 0) is 24.1 Å². The molecule has 0 aromatic heterocycles. The SMILES string of the molecule is CC(=O)c1ccc(C2=CC=C(F)CC2(N)Cl)cc1. The van der Waals surface area contributed by atoms with E-state index in [0.29, 0.717) is 11.1 Å². The molecule has 2 N–H and O–H groups in total. The lowest BCUT2D eigenvalue weighted by atomic mass is 9.91. The molecule has 0 heterocycles. The minimum atomic E-state index is -1.24. The highest BCUT2D eigenvalue weighted by molar-refractivity contribution is 6.30. The third-order valence-corrected chi connectivity index (χ3v) is 3.24. The number of allylic oxidation sites excluding steroid dienone is 2. The Balaban J connectivity index is 2.39. The molecule has 4 heteroatoms.